The molecule has 2 aliphatic heterocycles. The lowest BCUT2D eigenvalue weighted by Gasteiger charge is -2.26. The van der Waals surface area contributed by atoms with Gasteiger partial charge in [-0.2, -0.15) is 0 Å². The van der Waals surface area contributed by atoms with Gasteiger partial charge in [-0.15, -0.1) is 11.3 Å². The van der Waals surface area contributed by atoms with Crippen molar-refractivity contribution in [3.05, 3.63) is 76.3 Å². The molecule has 1 aromatic heterocycles. The van der Waals surface area contributed by atoms with Crippen LogP contribution >= 0.6 is 11.3 Å². The summed E-state index contributed by atoms with van der Waals surface area (Å²) in [6, 6.07) is 6.70. The number of para-hydroxylation sites is 1. The van der Waals surface area contributed by atoms with Crippen molar-refractivity contribution in [2.75, 3.05) is 18.4 Å². The molecule has 8 heteroatoms. The Morgan fingerprint density at radius 1 is 1.35 bits per heavy atom. The number of carbonyl (C=O) groups excluding carboxylic acids is 2. The lowest BCUT2D eigenvalue weighted by atomic mass is 10.1. The molecule has 2 aliphatic rings. The number of fused-ring (bicyclic) bond motifs is 1. The first-order chi connectivity index (χ1) is 16.4. The van der Waals surface area contributed by atoms with E-state index in [2.05, 4.69) is 22.2 Å². The van der Waals surface area contributed by atoms with Crippen LogP contribution in [0.5, 0.6) is 0 Å². The van der Waals surface area contributed by atoms with Crippen LogP contribution in [0.3, 0.4) is 0 Å². The van der Waals surface area contributed by atoms with Crippen molar-refractivity contribution >= 4 is 34.4 Å². The Bertz CT molecular complexity index is 1130. The third-order valence-corrected chi connectivity index (χ3v) is 7.31. The zero-order chi connectivity index (χ0) is 24.2. The minimum absolute atomic E-state index is 0.157. The fraction of sp³-hybridized carbons (Fsp3) is 0.346. The number of allylic oxidation sites excluding steroid dienone is 3. The number of carbonyl (C=O) groups is 2. The SMILES string of the molecule is C=C(/C=C\C(=C/C)CNC(=O)[C@@H]1C[C@@H](O)CN1C(=O)[C@@H]1Cc2ccccc2N1)c1scnc1C. The van der Waals surface area contributed by atoms with E-state index in [0.29, 0.717) is 13.0 Å². The van der Waals surface area contributed by atoms with Crippen molar-refractivity contribution in [1.29, 1.82) is 0 Å². The van der Waals surface area contributed by atoms with E-state index in [0.717, 1.165) is 33.0 Å². The number of β-amino-alcohol motifs (C(OH)–C–C–N with tert-alkyl or cyclic N) is 1. The molecule has 0 saturated carbocycles. The lowest BCUT2D eigenvalue weighted by Crippen LogP contribution is -2.50. The molecule has 2 aromatic rings. The minimum atomic E-state index is -0.712. The maximum atomic E-state index is 13.2. The summed E-state index contributed by atoms with van der Waals surface area (Å²) in [4.78, 5) is 33.0. The number of likely N-dealkylation sites (tertiary alicyclic amines) is 1. The summed E-state index contributed by atoms with van der Waals surface area (Å²) in [6.07, 6.45) is 5.87. The van der Waals surface area contributed by atoms with Crippen molar-refractivity contribution in [2.45, 2.75) is 44.9 Å². The molecule has 4 rings (SSSR count). The quantitative estimate of drug-likeness (QED) is 0.532. The van der Waals surface area contributed by atoms with Gasteiger partial charge in [0, 0.05) is 31.6 Å². The predicted octanol–water partition coefficient (Wildman–Crippen LogP) is 3.08. The summed E-state index contributed by atoms with van der Waals surface area (Å²) in [5.74, 6) is -0.416. The van der Waals surface area contributed by atoms with Crippen molar-refractivity contribution in [3.8, 4) is 0 Å². The van der Waals surface area contributed by atoms with Crippen LogP contribution in [-0.4, -0.2) is 58.1 Å². The summed E-state index contributed by atoms with van der Waals surface area (Å²) < 4.78 is 0. The van der Waals surface area contributed by atoms with Crippen LogP contribution in [0, 0.1) is 6.92 Å². The number of nitrogens with one attached hydrogen (secondary N) is 2. The Morgan fingerprint density at radius 2 is 2.15 bits per heavy atom. The zero-order valence-electron chi connectivity index (χ0n) is 19.5. The van der Waals surface area contributed by atoms with Gasteiger partial charge in [0.2, 0.25) is 11.8 Å². The average molecular weight is 479 g/mol. The van der Waals surface area contributed by atoms with Crippen LogP contribution in [0.25, 0.3) is 5.57 Å². The van der Waals surface area contributed by atoms with Crippen molar-refractivity contribution in [3.63, 3.8) is 0 Å². The molecule has 0 bridgehead atoms. The molecule has 0 radical (unpaired) electrons. The monoisotopic (exact) mass is 478 g/mol. The summed E-state index contributed by atoms with van der Waals surface area (Å²) >= 11 is 1.54. The fourth-order valence-electron chi connectivity index (χ4n) is 4.41. The van der Waals surface area contributed by atoms with Gasteiger partial charge in [-0.05, 0) is 36.6 Å². The molecule has 0 spiro atoms. The van der Waals surface area contributed by atoms with Crippen molar-refractivity contribution in [1.82, 2.24) is 15.2 Å². The van der Waals surface area contributed by atoms with Gasteiger partial charge in [-0.1, -0.05) is 43.0 Å². The highest BCUT2D eigenvalue weighted by molar-refractivity contribution is 7.11. The third-order valence-electron chi connectivity index (χ3n) is 6.31. The lowest BCUT2D eigenvalue weighted by molar-refractivity contribution is -0.138. The number of aliphatic hydroxyl groups excluding tert-OH is 1. The predicted molar refractivity (Wildman–Crippen MR) is 135 cm³/mol. The van der Waals surface area contributed by atoms with E-state index in [1.807, 2.05) is 56.3 Å². The van der Waals surface area contributed by atoms with Gasteiger partial charge in [-0.3, -0.25) is 9.59 Å². The highest BCUT2D eigenvalue weighted by Crippen LogP contribution is 2.28. The van der Waals surface area contributed by atoms with Gasteiger partial charge < -0.3 is 20.6 Å². The largest absolute Gasteiger partial charge is 0.391 e. The normalized spacial score (nSPS) is 22.0. The molecule has 3 heterocycles. The van der Waals surface area contributed by atoms with Crippen LogP contribution in [0.1, 0.15) is 29.5 Å². The van der Waals surface area contributed by atoms with E-state index >= 15 is 0 Å². The minimum Gasteiger partial charge on any atom is -0.391 e. The molecule has 1 aromatic carbocycles. The Balaban J connectivity index is 1.35. The topological polar surface area (TPSA) is 94.6 Å². The van der Waals surface area contributed by atoms with Crippen LogP contribution < -0.4 is 10.6 Å². The summed E-state index contributed by atoms with van der Waals surface area (Å²) in [5, 5.41) is 16.4. The molecular weight excluding hydrogens is 448 g/mol. The second-order valence-electron chi connectivity index (χ2n) is 8.66. The number of aryl methyl sites for hydroxylation is 1. The first-order valence-electron chi connectivity index (χ1n) is 11.4. The molecule has 0 unspecified atom stereocenters. The number of amides is 2. The number of hydrogen-bond acceptors (Lipinski definition) is 6. The molecule has 7 nitrogen and oxygen atoms in total. The summed E-state index contributed by atoms with van der Waals surface area (Å²) in [7, 11) is 0. The first kappa shape index (κ1) is 23.9. The Labute approximate surface area is 203 Å². The number of nitrogens with zero attached hydrogens (tertiary/aromatic N) is 2. The maximum absolute atomic E-state index is 13.2. The summed E-state index contributed by atoms with van der Waals surface area (Å²) in [5.41, 5.74) is 6.55. The molecule has 1 fully saturated rings. The Morgan fingerprint density at radius 3 is 2.85 bits per heavy atom. The highest BCUT2D eigenvalue weighted by atomic mass is 32.1. The second kappa shape index (κ2) is 10.4. The van der Waals surface area contributed by atoms with Crippen LogP contribution in [-0.2, 0) is 16.0 Å². The second-order valence-corrected chi connectivity index (χ2v) is 9.52. The molecule has 2 amide bonds. The number of anilines is 1. The van der Waals surface area contributed by atoms with E-state index < -0.39 is 18.2 Å². The fourth-order valence-corrected chi connectivity index (χ4v) is 5.17. The molecule has 3 atom stereocenters. The third kappa shape index (κ3) is 5.13. The standard InChI is InChI=1S/C26H30N4O3S/c1-4-18(10-9-16(2)24-17(3)28-15-34-24)13-27-25(32)23-12-20(31)14-30(23)26(33)22-11-19-7-5-6-8-21(19)29-22/h4-10,15,20,22-23,29,31H,2,11-14H2,1,3H3,(H,27,32)/b10-9-,18-4+/t20-,22+,23+/m1/s1. The number of aromatic nitrogens is 1. The maximum Gasteiger partial charge on any atom is 0.246 e. The first-order valence-corrected chi connectivity index (χ1v) is 12.3. The van der Waals surface area contributed by atoms with Gasteiger partial charge >= 0.3 is 0 Å². The molecule has 178 valence electrons. The Hall–Kier alpha value is -3.23. The highest BCUT2D eigenvalue weighted by Gasteiger charge is 2.42. The zero-order valence-corrected chi connectivity index (χ0v) is 20.3. The van der Waals surface area contributed by atoms with E-state index in [9.17, 15) is 14.7 Å². The van der Waals surface area contributed by atoms with E-state index in [1.54, 1.807) is 16.8 Å². The van der Waals surface area contributed by atoms with Crippen molar-refractivity contribution in [2.24, 2.45) is 0 Å². The molecular formula is C26H30N4O3S. The van der Waals surface area contributed by atoms with Crippen LogP contribution in [0.2, 0.25) is 0 Å². The molecule has 0 aliphatic carbocycles. The van der Waals surface area contributed by atoms with E-state index in [1.165, 1.54) is 4.90 Å². The number of thiazole rings is 1. The number of aliphatic hydroxyl groups is 1. The smallest absolute Gasteiger partial charge is 0.246 e. The van der Waals surface area contributed by atoms with Gasteiger partial charge in [0.25, 0.3) is 0 Å². The van der Waals surface area contributed by atoms with Gasteiger partial charge in [0.15, 0.2) is 0 Å². The Kier molecular flexibility index (Phi) is 7.29. The van der Waals surface area contributed by atoms with Crippen LogP contribution in [0.15, 0.2) is 60.2 Å². The average Bonchev–Trinajstić information content (AvgIpc) is 3.56. The molecule has 3 N–H and O–H groups in total. The number of hydrogen-bond donors (Lipinski definition) is 3. The van der Waals surface area contributed by atoms with Gasteiger partial charge in [-0.25, -0.2) is 4.98 Å². The van der Waals surface area contributed by atoms with Crippen molar-refractivity contribution < 1.29 is 14.7 Å². The molecule has 1 saturated heterocycles. The number of benzene rings is 1. The van der Waals surface area contributed by atoms with Crippen LogP contribution in [0.4, 0.5) is 5.69 Å². The van der Waals surface area contributed by atoms with E-state index in [-0.39, 0.29) is 24.8 Å². The van der Waals surface area contributed by atoms with E-state index in [4.69, 9.17) is 0 Å². The molecule has 34 heavy (non-hydrogen) atoms. The van der Waals surface area contributed by atoms with Gasteiger partial charge in [0.05, 0.1) is 22.2 Å². The van der Waals surface area contributed by atoms with Gasteiger partial charge in [0.1, 0.15) is 12.1 Å². The number of rotatable bonds is 7. The summed E-state index contributed by atoms with van der Waals surface area (Å²) in [6.45, 7) is 8.45.